The molecule has 5 heteroatoms. The maximum atomic E-state index is 12.5. The van der Waals surface area contributed by atoms with Crippen molar-refractivity contribution >= 4 is 18.3 Å². The third kappa shape index (κ3) is 4.82. The molecule has 2 aromatic rings. The number of para-hydroxylation sites is 1. The molecular weight excluding hydrogens is 360 g/mol. The highest BCUT2D eigenvalue weighted by atomic mass is 35.5. The van der Waals surface area contributed by atoms with Gasteiger partial charge in [-0.3, -0.25) is 4.79 Å². The number of nitrogens with one attached hydrogen (secondary N) is 2. The summed E-state index contributed by atoms with van der Waals surface area (Å²) < 4.78 is 5.80. The molecule has 4 nitrogen and oxygen atoms in total. The van der Waals surface area contributed by atoms with Crippen molar-refractivity contribution in [3.05, 3.63) is 65.7 Å². The van der Waals surface area contributed by atoms with Crippen LogP contribution in [0.1, 0.15) is 30.4 Å². The summed E-state index contributed by atoms with van der Waals surface area (Å²) in [5, 5.41) is 6.52. The monoisotopic (exact) mass is 386 g/mol. The van der Waals surface area contributed by atoms with Crippen molar-refractivity contribution < 1.29 is 9.53 Å². The summed E-state index contributed by atoms with van der Waals surface area (Å²) in [6.07, 6.45) is 3.33. The van der Waals surface area contributed by atoms with E-state index < -0.39 is 0 Å². The Hall–Kier alpha value is -2.04. The lowest BCUT2D eigenvalue weighted by Crippen LogP contribution is -2.33. The minimum Gasteiger partial charge on any atom is -0.489 e. The van der Waals surface area contributed by atoms with E-state index in [1.54, 1.807) is 0 Å². The van der Waals surface area contributed by atoms with Crippen molar-refractivity contribution in [2.75, 3.05) is 13.1 Å². The molecule has 1 atom stereocenters. The Balaban J connectivity index is 0.00000210. The quantitative estimate of drug-likeness (QED) is 0.796. The van der Waals surface area contributed by atoms with Gasteiger partial charge in [-0.2, -0.15) is 0 Å². The second-order valence-corrected chi connectivity index (χ2v) is 7.51. The first-order chi connectivity index (χ1) is 12.8. The van der Waals surface area contributed by atoms with Crippen LogP contribution in [0.3, 0.4) is 0 Å². The van der Waals surface area contributed by atoms with Crippen LogP contribution in [0, 0.1) is 11.3 Å². The lowest BCUT2D eigenvalue weighted by molar-refractivity contribution is -0.123. The molecule has 1 spiro atoms. The predicted octanol–water partition coefficient (Wildman–Crippen LogP) is 3.69. The van der Waals surface area contributed by atoms with Gasteiger partial charge in [-0.1, -0.05) is 42.5 Å². The molecule has 1 amide bonds. The fourth-order valence-electron chi connectivity index (χ4n) is 4.02. The highest BCUT2D eigenvalue weighted by Crippen LogP contribution is 2.58. The molecule has 0 radical (unpaired) electrons. The Kier molecular flexibility index (Phi) is 6.40. The van der Waals surface area contributed by atoms with Gasteiger partial charge in [0.15, 0.2) is 0 Å². The van der Waals surface area contributed by atoms with Gasteiger partial charge >= 0.3 is 0 Å². The number of hydrogen-bond acceptors (Lipinski definition) is 3. The lowest BCUT2D eigenvalue weighted by atomic mass is 9.92. The minimum absolute atomic E-state index is 0. The maximum absolute atomic E-state index is 12.5. The zero-order chi connectivity index (χ0) is 17.8. The smallest absolute Gasteiger partial charge is 0.223 e. The second-order valence-electron chi connectivity index (χ2n) is 7.51. The number of rotatable bonds is 6. The highest BCUT2D eigenvalue weighted by Gasteiger charge is 2.57. The Morgan fingerprint density at radius 3 is 2.59 bits per heavy atom. The van der Waals surface area contributed by atoms with Crippen LogP contribution in [0.4, 0.5) is 0 Å². The number of benzene rings is 2. The van der Waals surface area contributed by atoms with Crippen LogP contribution in [0.15, 0.2) is 54.6 Å². The zero-order valence-corrected chi connectivity index (χ0v) is 16.3. The van der Waals surface area contributed by atoms with Crippen molar-refractivity contribution in [2.24, 2.45) is 11.3 Å². The summed E-state index contributed by atoms with van der Waals surface area (Å²) >= 11 is 0. The summed E-state index contributed by atoms with van der Waals surface area (Å²) in [6, 6.07) is 18.1. The number of amides is 1. The second kappa shape index (κ2) is 8.77. The predicted molar refractivity (Wildman–Crippen MR) is 109 cm³/mol. The maximum Gasteiger partial charge on any atom is 0.223 e. The van der Waals surface area contributed by atoms with E-state index in [9.17, 15) is 4.79 Å². The SMILES string of the molecule is Cl.O=C(NCc1cccc(COc2ccccc2)c1)C1CC12CCNCC2. The van der Waals surface area contributed by atoms with Crippen LogP contribution in [0.25, 0.3) is 0 Å². The number of hydrogen-bond donors (Lipinski definition) is 2. The van der Waals surface area contributed by atoms with Crippen LogP contribution < -0.4 is 15.4 Å². The van der Waals surface area contributed by atoms with E-state index >= 15 is 0 Å². The van der Waals surface area contributed by atoms with E-state index in [2.05, 4.69) is 28.8 Å². The minimum atomic E-state index is 0. The number of carbonyl (C=O) groups excluding carboxylic acids is 1. The number of piperidine rings is 1. The van der Waals surface area contributed by atoms with E-state index in [0.717, 1.165) is 49.2 Å². The van der Waals surface area contributed by atoms with Crippen LogP contribution >= 0.6 is 12.4 Å². The molecule has 4 rings (SSSR count). The van der Waals surface area contributed by atoms with E-state index in [0.29, 0.717) is 18.6 Å². The third-order valence-corrected chi connectivity index (χ3v) is 5.71. The Morgan fingerprint density at radius 2 is 1.81 bits per heavy atom. The summed E-state index contributed by atoms with van der Waals surface area (Å²) in [6.45, 7) is 3.22. The van der Waals surface area contributed by atoms with Crippen molar-refractivity contribution in [3.8, 4) is 5.75 Å². The summed E-state index contributed by atoms with van der Waals surface area (Å²) in [5.41, 5.74) is 2.52. The van der Waals surface area contributed by atoms with Crippen molar-refractivity contribution in [3.63, 3.8) is 0 Å². The molecule has 1 saturated heterocycles. The van der Waals surface area contributed by atoms with Gasteiger partial charge in [0.1, 0.15) is 12.4 Å². The van der Waals surface area contributed by atoms with Crippen molar-refractivity contribution in [1.29, 1.82) is 0 Å². The van der Waals surface area contributed by atoms with Crippen LogP contribution in [-0.4, -0.2) is 19.0 Å². The molecule has 2 aromatic carbocycles. The molecule has 2 fully saturated rings. The van der Waals surface area contributed by atoms with Gasteiger partial charge in [0.2, 0.25) is 5.91 Å². The molecule has 0 bridgehead atoms. The topological polar surface area (TPSA) is 50.4 Å². The fraction of sp³-hybridized carbons (Fsp3) is 0.409. The van der Waals surface area contributed by atoms with Gasteiger partial charge in [0.05, 0.1) is 0 Å². The Labute approximate surface area is 167 Å². The Bertz CT molecular complexity index is 760. The highest BCUT2D eigenvalue weighted by molar-refractivity contribution is 5.85. The molecule has 1 aliphatic carbocycles. The summed E-state index contributed by atoms with van der Waals surface area (Å²) in [5.74, 6) is 1.30. The molecule has 2 N–H and O–H groups in total. The Morgan fingerprint density at radius 1 is 1.07 bits per heavy atom. The average Bonchev–Trinajstić information content (AvgIpc) is 3.39. The summed E-state index contributed by atoms with van der Waals surface area (Å²) in [4.78, 5) is 12.5. The van der Waals surface area contributed by atoms with E-state index in [1.807, 2.05) is 36.4 Å². The van der Waals surface area contributed by atoms with Gasteiger partial charge in [-0.25, -0.2) is 0 Å². The molecule has 2 aliphatic rings. The molecule has 144 valence electrons. The molecule has 1 saturated carbocycles. The van der Waals surface area contributed by atoms with Gasteiger partial charge in [0.25, 0.3) is 0 Å². The van der Waals surface area contributed by atoms with Crippen LogP contribution in [0.5, 0.6) is 5.75 Å². The number of halogens is 1. The van der Waals surface area contributed by atoms with E-state index in [1.165, 1.54) is 0 Å². The third-order valence-electron chi connectivity index (χ3n) is 5.71. The zero-order valence-electron chi connectivity index (χ0n) is 15.4. The number of ether oxygens (including phenoxy) is 1. The molecule has 1 aliphatic heterocycles. The van der Waals surface area contributed by atoms with Crippen LogP contribution in [0.2, 0.25) is 0 Å². The normalized spacial score (nSPS) is 19.8. The molecule has 27 heavy (non-hydrogen) atoms. The van der Waals surface area contributed by atoms with Gasteiger partial charge in [-0.15, -0.1) is 12.4 Å². The van der Waals surface area contributed by atoms with Gasteiger partial charge in [-0.05, 0) is 61.0 Å². The summed E-state index contributed by atoms with van der Waals surface area (Å²) in [7, 11) is 0. The molecule has 1 heterocycles. The van der Waals surface area contributed by atoms with E-state index in [-0.39, 0.29) is 24.2 Å². The molecule has 1 unspecified atom stereocenters. The van der Waals surface area contributed by atoms with Crippen LogP contribution in [-0.2, 0) is 17.9 Å². The standard InChI is InChI=1S/C22H26N2O2.ClH/c25-21(20-14-22(20)9-11-23-12-10-22)24-15-17-5-4-6-18(13-17)16-26-19-7-2-1-3-8-19;/h1-8,13,20,23H,9-12,14-16H2,(H,24,25);1H. The van der Waals surface area contributed by atoms with E-state index in [4.69, 9.17) is 4.74 Å². The van der Waals surface area contributed by atoms with Crippen molar-refractivity contribution in [2.45, 2.75) is 32.4 Å². The van der Waals surface area contributed by atoms with Gasteiger partial charge < -0.3 is 15.4 Å². The first-order valence-corrected chi connectivity index (χ1v) is 9.49. The largest absolute Gasteiger partial charge is 0.489 e. The first-order valence-electron chi connectivity index (χ1n) is 9.49. The van der Waals surface area contributed by atoms with Gasteiger partial charge in [0, 0.05) is 12.5 Å². The number of carbonyl (C=O) groups is 1. The fourth-order valence-corrected chi connectivity index (χ4v) is 4.02. The molecular formula is C22H27ClN2O2. The van der Waals surface area contributed by atoms with Crippen molar-refractivity contribution in [1.82, 2.24) is 10.6 Å². The lowest BCUT2D eigenvalue weighted by Gasteiger charge is -2.23. The average molecular weight is 387 g/mol. The molecule has 0 aromatic heterocycles. The first kappa shape index (κ1) is 19.7.